The highest BCUT2D eigenvalue weighted by Crippen LogP contribution is 2.22. The minimum Gasteiger partial charge on any atom is -0.480 e. The van der Waals surface area contributed by atoms with Crippen LogP contribution in [0.3, 0.4) is 0 Å². The number of carboxylic acid groups (broad SMARTS) is 1. The predicted octanol–water partition coefficient (Wildman–Crippen LogP) is 2.21. The fourth-order valence-corrected chi connectivity index (χ4v) is 2.93. The summed E-state index contributed by atoms with van der Waals surface area (Å²) in [5, 5.41) is 7.54. The van der Waals surface area contributed by atoms with Crippen LogP contribution in [0.2, 0.25) is 0 Å². The zero-order valence-corrected chi connectivity index (χ0v) is 15.0. The molecule has 1 rings (SSSR count). The van der Waals surface area contributed by atoms with E-state index in [1.165, 1.54) is 14.0 Å². The first-order valence-electron chi connectivity index (χ1n) is 6.63. The lowest BCUT2D eigenvalue weighted by Gasteiger charge is -2.18. The van der Waals surface area contributed by atoms with Gasteiger partial charge in [0.05, 0.1) is 5.25 Å². The number of ketones is 1. The van der Waals surface area contributed by atoms with Crippen molar-refractivity contribution in [2.75, 3.05) is 13.6 Å². The van der Waals surface area contributed by atoms with Crippen molar-refractivity contribution in [3.8, 4) is 0 Å². The number of Topliss-reactive ketones (excluding diaryl/α,β-unsaturated/α-hetero) is 1. The van der Waals surface area contributed by atoms with E-state index < -0.39 is 23.7 Å². The second-order valence-corrected chi connectivity index (χ2v) is 7.11. The fourth-order valence-electron chi connectivity index (χ4n) is 1.79. The maximum absolute atomic E-state index is 12.5. The lowest BCUT2D eigenvalue weighted by Crippen LogP contribution is -2.35. The summed E-state index contributed by atoms with van der Waals surface area (Å²) in [5.74, 6) is -1.98. The largest absolute Gasteiger partial charge is 0.480 e. The summed E-state index contributed by atoms with van der Waals surface area (Å²) in [7, 11) is 1.34. The second-order valence-electron chi connectivity index (χ2n) is 4.82. The summed E-state index contributed by atoms with van der Waals surface area (Å²) in [5.41, 5.74) is 0.389. The fraction of sp³-hybridized carbons (Fsp3) is 0.333. The molecule has 0 aromatic heterocycles. The molecule has 0 bridgehead atoms. The van der Waals surface area contributed by atoms with Gasteiger partial charge in [0.1, 0.15) is 6.54 Å². The average molecular weight is 402 g/mol. The number of carbonyl (C=O) groups is 4. The highest BCUT2D eigenvalue weighted by Gasteiger charge is 2.27. The van der Waals surface area contributed by atoms with Gasteiger partial charge in [-0.1, -0.05) is 39.8 Å². The van der Waals surface area contributed by atoms with Crippen molar-refractivity contribution >= 4 is 50.5 Å². The average Bonchev–Trinajstić information content (AvgIpc) is 2.45. The molecule has 1 aromatic carbocycles. The van der Waals surface area contributed by atoms with Gasteiger partial charge in [0.15, 0.2) is 10.9 Å². The Morgan fingerprint density at radius 2 is 1.78 bits per heavy atom. The number of hydrogen-bond acceptors (Lipinski definition) is 5. The molecule has 0 aliphatic carbocycles. The second kappa shape index (κ2) is 8.83. The van der Waals surface area contributed by atoms with E-state index in [9.17, 15) is 19.2 Å². The predicted molar refractivity (Wildman–Crippen MR) is 90.4 cm³/mol. The summed E-state index contributed by atoms with van der Waals surface area (Å²) in [4.78, 5) is 47.6. The molecular weight excluding hydrogens is 386 g/mol. The first-order chi connectivity index (χ1) is 10.7. The number of carboxylic acids is 1. The number of aliphatic carboxylic acids is 1. The van der Waals surface area contributed by atoms with Crippen LogP contribution < -0.4 is 0 Å². The maximum atomic E-state index is 12.5. The van der Waals surface area contributed by atoms with Crippen molar-refractivity contribution in [3.63, 3.8) is 0 Å². The van der Waals surface area contributed by atoms with Gasteiger partial charge in [0, 0.05) is 30.4 Å². The van der Waals surface area contributed by atoms with Crippen LogP contribution in [0.4, 0.5) is 0 Å². The summed E-state index contributed by atoms with van der Waals surface area (Å²) in [6.07, 6.45) is -0.233. The number of hydrogen-bond donors (Lipinski definition) is 1. The molecule has 1 atom stereocenters. The van der Waals surface area contributed by atoms with Gasteiger partial charge in [-0.3, -0.25) is 19.2 Å². The van der Waals surface area contributed by atoms with Crippen LogP contribution in [0.25, 0.3) is 0 Å². The zero-order valence-electron chi connectivity index (χ0n) is 12.6. The third-order valence-electron chi connectivity index (χ3n) is 2.89. The number of benzene rings is 1. The number of thioether (sulfide) groups is 1. The van der Waals surface area contributed by atoms with Crippen molar-refractivity contribution in [1.29, 1.82) is 0 Å². The van der Waals surface area contributed by atoms with Crippen LogP contribution in [-0.4, -0.2) is 51.6 Å². The van der Waals surface area contributed by atoms with Crippen molar-refractivity contribution < 1.29 is 24.3 Å². The molecule has 1 N–H and O–H groups in total. The van der Waals surface area contributed by atoms with E-state index in [1.807, 2.05) is 0 Å². The third kappa shape index (κ3) is 6.54. The molecule has 0 spiro atoms. The van der Waals surface area contributed by atoms with E-state index in [1.54, 1.807) is 24.3 Å². The number of halogens is 1. The Bertz CT molecular complexity index is 617. The molecule has 0 aliphatic rings. The molecule has 6 nitrogen and oxygen atoms in total. The molecule has 0 saturated carbocycles. The van der Waals surface area contributed by atoms with Crippen molar-refractivity contribution in [3.05, 3.63) is 34.3 Å². The zero-order chi connectivity index (χ0) is 17.6. The molecule has 23 heavy (non-hydrogen) atoms. The van der Waals surface area contributed by atoms with Crippen LogP contribution in [0.1, 0.15) is 23.7 Å². The van der Waals surface area contributed by atoms with Gasteiger partial charge in [-0.2, -0.15) is 0 Å². The molecule has 1 unspecified atom stereocenters. The normalized spacial score (nSPS) is 11.6. The van der Waals surface area contributed by atoms with Crippen LogP contribution in [-0.2, 0) is 14.4 Å². The molecule has 0 aliphatic heterocycles. The van der Waals surface area contributed by atoms with E-state index >= 15 is 0 Å². The van der Waals surface area contributed by atoms with E-state index in [0.717, 1.165) is 21.1 Å². The Kier molecular flexibility index (Phi) is 7.44. The number of carbonyl (C=O) groups excluding carboxylic acids is 3. The van der Waals surface area contributed by atoms with Crippen LogP contribution in [0.5, 0.6) is 0 Å². The Morgan fingerprint density at radius 1 is 1.22 bits per heavy atom. The highest BCUT2D eigenvalue weighted by atomic mass is 79.9. The van der Waals surface area contributed by atoms with E-state index in [-0.39, 0.29) is 17.3 Å². The maximum Gasteiger partial charge on any atom is 0.323 e. The molecule has 8 heteroatoms. The smallest absolute Gasteiger partial charge is 0.323 e. The third-order valence-corrected chi connectivity index (χ3v) is 4.41. The first-order valence-corrected chi connectivity index (χ1v) is 8.30. The van der Waals surface area contributed by atoms with Gasteiger partial charge < -0.3 is 10.0 Å². The molecule has 0 saturated heterocycles. The highest BCUT2D eigenvalue weighted by molar-refractivity contribution is 9.10. The van der Waals surface area contributed by atoms with Crippen LogP contribution in [0, 0.1) is 0 Å². The summed E-state index contributed by atoms with van der Waals surface area (Å²) in [6.45, 7) is 0.862. The molecule has 124 valence electrons. The van der Waals surface area contributed by atoms with Gasteiger partial charge >= 0.3 is 5.97 Å². The van der Waals surface area contributed by atoms with Crippen molar-refractivity contribution in [1.82, 2.24) is 4.90 Å². The summed E-state index contributed by atoms with van der Waals surface area (Å²) < 4.78 is 0.807. The van der Waals surface area contributed by atoms with Crippen molar-refractivity contribution in [2.45, 2.75) is 18.6 Å². The van der Waals surface area contributed by atoms with Gasteiger partial charge in [-0.05, 0) is 12.1 Å². The standard InChI is InChI=1S/C15H16BrNO5S/c1-9(18)23-12(7-13(19)17(2)8-14(20)21)15(22)10-3-5-11(16)6-4-10/h3-6,12H,7-8H2,1-2H3,(H,20,21). The van der Waals surface area contributed by atoms with Gasteiger partial charge in [-0.25, -0.2) is 0 Å². The summed E-state index contributed by atoms with van der Waals surface area (Å²) >= 11 is 4.04. The SMILES string of the molecule is CC(=O)SC(CC(=O)N(C)CC(=O)O)C(=O)c1ccc(Br)cc1. The number of likely N-dealkylation sites (N-methyl/N-ethyl adjacent to an activating group) is 1. The topological polar surface area (TPSA) is 91.8 Å². The van der Waals surface area contributed by atoms with Gasteiger partial charge in [-0.15, -0.1) is 0 Å². The minimum atomic E-state index is -1.14. The van der Waals surface area contributed by atoms with E-state index in [4.69, 9.17) is 5.11 Å². The van der Waals surface area contributed by atoms with Crippen molar-refractivity contribution in [2.24, 2.45) is 0 Å². The molecule has 0 heterocycles. The van der Waals surface area contributed by atoms with E-state index in [0.29, 0.717) is 5.56 Å². The summed E-state index contributed by atoms with van der Waals surface area (Å²) in [6, 6.07) is 6.60. The molecule has 0 fully saturated rings. The molecule has 1 aromatic rings. The van der Waals surface area contributed by atoms with Crippen LogP contribution >= 0.6 is 27.7 Å². The number of amides is 1. The lowest BCUT2D eigenvalue weighted by molar-refractivity contribution is -0.143. The van der Waals surface area contributed by atoms with Gasteiger partial charge in [0.2, 0.25) is 5.91 Å². The van der Waals surface area contributed by atoms with Gasteiger partial charge in [0.25, 0.3) is 0 Å². The van der Waals surface area contributed by atoms with E-state index in [2.05, 4.69) is 15.9 Å². The Hall–Kier alpha value is -1.67. The molecule has 1 amide bonds. The monoisotopic (exact) mass is 401 g/mol. The quantitative estimate of drug-likeness (QED) is 0.704. The molecule has 0 radical (unpaired) electrons. The number of nitrogens with zero attached hydrogens (tertiary/aromatic N) is 1. The first kappa shape index (κ1) is 19.4. The minimum absolute atomic E-state index is 0.233. The Balaban J connectivity index is 2.89. The molecular formula is C15H16BrNO5S. The number of rotatable bonds is 7. The lowest BCUT2D eigenvalue weighted by atomic mass is 10.1. The van der Waals surface area contributed by atoms with Crippen LogP contribution in [0.15, 0.2) is 28.7 Å². The Morgan fingerprint density at radius 3 is 2.26 bits per heavy atom. The Labute approximate surface area is 146 Å².